The van der Waals surface area contributed by atoms with E-state index in [1.54, 1.807) is 45.9 Å². The fourth-order valence-corrected chi connectivity index (χ4v) is 4.22. The summed E-state index contributed by atoms with van der Waals surface area (Å²) in [5.74, 6) is 1.93. The van der Waals surface area contributed by atoms with Crippen LogP contribution < -0.4 is 14.2 Å². The van der Waals surface area contributed by atoms with Gasteiger partial charge in [0.25, 0.3) is 5.91 Å². The average molecular weight is 395 g/mol. The molecule has 4 rings (SSSR count). The van der Waals surface area contributed by atoms with Gasteiger partial charge in [-0.3, -0.25) is 19.7 Å². The molecular weight excluding hydrogens is 370 g/mol. The van der Waals surface area contributed by atoms with Crippen molar-refractivity contribution in [3.8, 4) is 17.2 Å². The lowest BCUT2D eigenvalue weighted by Crippen LogP contribution is -2.45. The van der Waals surface area contributed by atoms with Crippen LogP contribution in [0.15, 0.2) is 41.7 Å². The Labute approximate surface area is 170 Å². The van der Waals surface area contributed by atoms with E-state index >= 15 is 0 Å². The molecular formula is C22H25N3O4. The molecule has 1 saturated carbocycles. The molecule has 7 heteroatoms. The highest BCUT2D eigenvalue weighted by atomic mass is 16.5. The van der Waals surface area contributed by atoms with Crippen LogP contribution in [-0.4, -0.2) is 55.0 Å². The molecule has 2 aromatic rings. The van der Waals surface area contributed by atoms with Crippen LogP contribution in [-0.2, 0) is 0 Å². The molecule has 1 aliphatic heterocycles. The summed E-state index contributed by atoms with van der Waals surface area (Å²) in [6, 6.07) is 7.39. The number of nitrogens with zero attached hydrogens (tertiary/aromatic N) is 3. The second kappa shape index (κ2) is 8.11. The van der Waals surface area contributed by atoms with Crippen LogP contribution in [0.5, 0.6) is 17.2 Å². The van der Waals surface area contributed by atoms with Crippen LogP contribution >= 0.6 is 0 Å². The molecule has 0 N–H and O–H groups in total. The van der Waals surface area contributed by atoms with E-state index in [0.29, 0.717) is 28.6 Å². The Morgan fingerprint density at radius 1 is 1.07 bits per heavy atom. The van der Waals surface area contributed by atoms with Gasteiger partial charge in [-0.05, 0) is 37.1 Å². The normalized spacial score (nSPS) is 20.7. The van der Waals surface area contributed by atoms with E-state index in [2.05, 4.69) is 4.98 Å². The molecule has 0 unspecified atom stereocenters. The monoisotopic (exact) mass is 395 g/mol. The van der Waals surface area contributed by atoms with Crippen LogP contribution in [0.2, 0.25) is 0 Å². The Hall–Kier alpha value is -3.09. The van der Waals surface area contributed by atoms with E-state index in [1.807, 2.05) is 17.0 Å². The first-order valence-electron chi connectivity index (χ1n) is 9.79. The quantitative estimate of drug-likeness (QED) is 0.777. The SMILES string of the molecule is COc1cc(C(=O)N2C(c3cccnc3)=N[C@@H]3CCCC[C@@H]32)cc(OC)c1OC. The van der Waals surface area contributed by atoms with Crippen molar-refractivity contribution in [3.05, 3.63) is 47.8 Å². The molecule has 1 aromatic heterocycles. The van der Waals surface area contributed by atoms with Gasteiger partial charge in [-0.25, -0.2) is 0 Å². The lowest BCUT2D eigenvalue weighted by Gasteiger charge is -2.32. The fourth-order valence-electron chi connectivity index (χ4n) is 4.22. The van der Waals surface area contributed by atoms with Gasteiger partial charge in [-0.2, -0.15) is 0 Å². The number of rotatable bonds is 5. The van der Waals surface area contributed by atoms with Crippen molar-refractivity contribution >= 4 is 11.7 Å². The number of benzene rings is 1. The molecule has 1 aliphatic carbocycles. The number of amides is 1. The molecule has 0 spiro atoms. The number of fused-ring (bicyclic) bond motifs is 1. The number of aromatic nitrogens is 1. The van der Waals surface area contributed by atoms with Crippen molar-refractivity contribution in [1.82, 2.24) is 9.88 Å². The van der Waals surface area contributed by atoms with Crippen molar-refractivity contribution < 1.29 is 19.0 Å². The van der Waals surface area contributed by atoms with E-state index in [-0.39, 0.29) is 18.0 Å². The molecule has 2 atom stereocenters. The topological polar surface area (TPSA) is 73.2 Å². The maximum absolute atomic E-state index is 13.7. The summed E-state index contributed by atoms with van der Waals surface area (Å²) >= 11 is 0. The zero-order chi connectivity index (χ0) is 20.4. The predicted octanol–water partition coefficient (Wildman–Crippen LogP) is 3.32. The third kappa shape index (κ3) is 3.41. The van der Waals surface area contributed by atoms with Crippen molar-refractivity contribution in [2.24, 2.45) is 4.99 Å². The maximum atomic E-state index is 13.7. The molecule has 0 saturated heterocycles. The number of pyridine rings is 1. The highest BCUT2D eigenvalue weighted by molar-refractivity contribution is 6.14. The molecule has 2 aliphatic rings. The van der Waals surface area contributed by atoms with Gasteiger partial charge >= 0.3 is 0 Å². The predicted molar refractivity (Wildman–Crippen MR) is 109 cm³/mol. The molecule has 29 heavy (non-hydrogen) atoms. The van der Waals surface area contributed by atoms with Crippen molar-refractivity contribution in [2.45, 2.75) is 37.8 Å². The maximum Gasteiger partial charge on any atom is 0.260 e. The minimum absolute atomic E-state index is 0.0607. The second-order valence-electron chi connectivity index (χ2n) is 7.20. The third-order valence-corrected chi connectivity index (χ3v) is 5.59. The van der Waals surface area contributed by atoms with Crippen molar-refractivity contribution in [1.29, 1.82) is 0 Å². The molecule has 7 nitrogen and oxygen atoms in total. The molecule has 1 aromatic carbocycles. The van der Waals surface area contributed by atoms with Crippen molar-refractivity contribution in [3.63, 3.8) is 0 Å². The molecule has 1 fully saturated rings. The summed E-state index contributed by atoms with van der Waals surface area (Å²) < 4.78 is 16.3. The summed E-state index contributed by atoms with van der Waals surface area (Å²) in [4.78, 5) is 24.7. The summed E-state index contributed by atoms with van der Waals surface area (Å²) in [6.07, 6.45) is 7.64. The minimum atomic E-state index is -0.124. The fraction of sp³-hybridized carbons (Fsp3) is 0.409. The lowest BCUT2D eigenvalue weighted by molar-refractivity contribution is 0.0785. The molecule has 0 bridgehead atoms. The largest absolute Gasteiger partial charge is 0.493 e. The van der Waals surface area contributed by atoms with E-state index < -0.39 is 0 Å². The van der Waals surface area contributed by atoms with Gasteiger partial charge in [0, 0.05) is 23.5 Å². The van der Waals surface area contributed by atoms with Crippen LogP contribution in [0.25, 0.3) is 0 Å². The first-order valence-corrected chi connectivity index (χ1v) is 9.79. The molecule has 1 amide bonds. The van der Waals surface area contributed by atoms with Gasteiger partial charge in [0.2, 0.25) is 5.75 Å². The van der Waals surface area contributed by atoms with Crippen LogP contribution in [0.1, 0.15) is 41.6 Å². The van der Waals surface area contributed by atoms with Gasteiger partial charge in [0.15, 0.2) is 11.5 Å². The number of ether oxygens (including phenoxy) is 3. The number of hydrogen-bond acceptors (Lipinski definition) is 6. The van der Waals surface area contributed by atoms with E-state index in [0.717, 1.165) is 31.2 Å². The average Bonchev–Trinajstić information content (AvgIpc) is 3.17. The second-order valence-corrected chi connectivity index (χ2v) is 7.20. The number of aliphatic imine (C=N–C) groups is 1. The number of amidine groups is 1. The van der Waals surface area contributed by atoms with Crippen LogP contribution in [0, 0.1) is 0 Å². The Balaban J connectivity index is 1.77. The standard InChI is InChI=1S/C22H25N3O4/c1-27-18-11-15(12-19(28-2)20(18)29-3)22(26)25-17-9-5-4-8-16(17)24-21(25)14-7-6-10-23-13-14/h6-7,10-13,16-17H,4-5,8-9H2,1-3H3/t16-,17+/m1/s1. The highest BCUT2D eigenvalue weighted by Crippen LogP contribution is 2.40. The van der Waals surface area contributed by atoms with Gasteiger partial charge in [0.1, 0.15) is 5.84 Å². The number of carbonyl (C=O) groups is 1. The first-order chi connectivity index (χ1) is 14.2. The lowest BCUT2D eigenvalue weighted by atomic mass is 9.90. The zero-order valence-electron chi connectivity index (χ0n) is 16.9. The summed E-state index contributed by atoms with van der Waals surface area (Å²) in [5.41, 5.74) is 1.32. The van der Waals surface area contributed by atoms with Crippen molar-refractivity contribution in [2.75, 3.05) is 21.3 Å². The first kappa shape index (κ1) is 19.2. The Bertz CT molecular complexity index is 904. The number of methoxy groups -OCH3 is 3. The molecule has 152 valence electrons. The summed E-state index contributed by atoms with van der Waals surface area (Å²) in [7, 11) is 4.63. The van der Waals surface area contributed by atoms with Gasteiger partial charge in [0.05, 0.1) is 33.4 Å². The highest BCUT2D eigenvalue weighted by Gasteiger charge is 2.42. The Morgan fingerprint density at radius 3 is 2.41 bits per heavy atom. The number of hydrogen-bond donors (Lipinski definition) is 0. The van der Waals surface area contributed by atoms with Gasteiger partial charge in [-0.1, -0.05) is 12.8 Å². The van der Waals surface area contributed by atoms with E-state index in [9.17, 15) is 4.79 Å². The zero-order valence-corrected chi connectivity index (χ0v) is 16.9. The Morgan fingerprint density at radius 2 is 1.79 bits per heavy atom. The Kier molecular flexibility index (Phi) is 5.38. The smallest absolute Gasteiger partial charge is 0.260 e. The van der Waals surface area contributed by atoms with E-state index in [1.165, 1.54) is 0 Å². The molecule has 2 heterocycles. The van der Waals surface area contributed by atoms with Gasteiger partial charge in [-0.15, -0.1) is 0 Å². The van der Waals surface area contributed by atoms with E-state index in [4.69, 9.17) is 19.2 Å². The third-order valence-electron chi connectivity index (χ3n) is 5.59. The van der Waals surface area contributed by atoms with Crippen LogP contribution in [0.4, 0.5) is 0 Å². The number of carbonyl (C=O) groups excluding carboxylic acids is 1. The molecule has 0 radical (unpaired) electrons. The van der Waals surface area contributed by atoms with Gasteiger partial charge < -0.3 is 14.2 Å². The summed E-state index contributed by atoms with van der Waals surface area (Å²) in [6.45, 7) is 0. The minimum Gasteiger partial charge on any atom is -0.493 e. The summed E-state index contributed by atoms with van der Waals surface area (Å²) in [5, 5.41) is 0. The van der Waals surface area contributed by atoms with Crippen LogP contribution in [0.3, 0.4) is 0 Å².